The summed E-state index contributed by atoms with van der Waals surface area (Å²) in [5.41, 5.74) is 5.90. The molecule has 1 rings (SSSR count). The van der Waals surface area contributed by atoms with Crippen LogP contribution in [-0.2, 0) is 0 Å². The van der Waals surface area contributed by atoms with Gasteiger partial charge >= 0.3 is 0 Å². The second-order valence-corrected chi connectivity index (χ2v) is 4.67. The summed E-state index contributed by atoms with van der Waals surface area (Å²) in [6.45, 7) is 9.01. The summed E-state index contributed by atoms with van der Waals surface area (Å²) in [6.07, 6.45) is -0.211. The molecule has 0 aromatic heterocycles. The number of aliphatic hydroxyl groups excluding tert-OH is 1. The van der Waals surface area contributed by atoms with Crippen LogP contribution >= 0.6 is 0 Å². The third-order valence-corrected chi connectivity index (χ3v) is 2.96. The zero-order chi connectivity index (χ0) is 10.0. The van der Waals surface area contributed by atoms with Crippen LogP contribution in [0.25, 0.3) is 0 Å². The van der Waals surface area contributed by atoms with Crippen LogP contribution in [0.5, 0.6) is 0 Å². The lowest BCUT2D eigenvalue weighted by Crippen LogP contribution is -2.35. The number of likely N-dealkylation sites (tertiary alicyclic amines) is 1. The molecule has 3 N–H and O–H groups in total. The first-order valence-corrected chi connectivity index (χ1v) is 5.16. The molecule has 0 bridgehead atoms. The van der Waals surface area contributed by atoms with Gasteiger partial charge in [-0.15, -0.1) is 0 Å². The first-order valence-electron chi connectivity index (χ1n) is 5.16. The van der Waals surface area contributed by atoms with E-state index in [4.69, 9.17) is 5.73 Å². The Hall–Kier alpha value is -0.120. The van der Waals surface area contributed by atoms with Gasteiger partial charge in [0.1, 0.15) is 0 Å². The predicted octanol–water partition coefficient (Wildman–Crippen LogP) is 0.282. The number of rotatable bonds is 3. The van der Waals surface area contributed by atoms with E-state index in [9.17, 15) is 5.11 Å². The van der Waals surface area contributed by atoms with Gasteiger partial charge in [-0.05, 0) is 11.8 Å². The lowest BCUT2D eigenvalue weighted by Gasteiger charge is -2.22. The summed E-state index contributed by atoms with van der Waals surface area (Å²) in [5.74, 6) is 0.909. The summed E-state index contributed by atoms with van der Waals surface area (Å²) in [6, 6.07) is 0.291. The van der Waals surface area contributed by atoms with Gasteiger partial charge in [0.05, 0.1) is 6.10 Å². The zero-order valence-corrected chi connectivity index (χ0v) is 8.90. The standard InChI is InChI=1S/C10H22N2O/c1-7(2)10(13)6-12-4-8(3)9(11)5-12/h7-10,13H,4-6,11H2,1-3H3. The average Bonchev–Trinajstić information content (AvgIpc) is 2.31. The highest BCUT2D eigenvalue weighted by Gasteiger charge is 2.28. The third kappa shape index (κ3) is 2.93. The van der Waals surface area contributed by atoms with Gasteiger partial charge in [-0.1, -0.05) is 20.8 Å². The number of hydrogen-bond acceptors (Lipinski definition) is 3. The molecule has 0 spiro atoms. The fraction of sp³-hybridized carbons (Fsp3) is 1.00. The SMILES string of the molecule is CC(C)C(O)CN1CC(C)C(N)C1. The van der Waals surface area contributed by atoms with Crippen LogP contribution in [0.2, 0.25) is 0 Å². The Kier molecular flexibility index (Phi) is 3.71. The van der Waals surface area contributed by atoms with Crippen molar-refractivity contribution < 1.29 is 5.11 Å². The highest BCUT2D eigenvalue weighted by Crippen LogP contribution is 2.15. The molecule has 0 saturated carbocycles. The monoisotopic (exact) mass is 186 g/mol. The van der Waals surface area contributed by atoms with Gasteiger partial charge in [-0.25, -0.2) is 0 Å². The number of nitrogens with zero attached hydrogens (tertiary/aromatic N) is 1. The van der Waals surface area contributed by atoms with E-state index >= 15 is 0 Å². The van der Waals surface area contributed by atoms with Crippen molar-refractivity contribution >= 4 is 0 Å². The molecule has 3 nitrogen and oxygen atoms in total. The Morgan fingerprint density at radius 3 is 2.46 bits per heavy atom. The Balaban J connectivity index is 2.31. The predicted molar refractivity (Wildman–Crippen MR) is 54.4 cm³/mol. The Morgan fingerprint density at radius 2 is 2.08 bits per heavy atom. The number of nitrogens with two attached hydrogens (primary N) is 1. The van der Waals surface area contributed by atoms with Crippen LogP contribution in [0.4, 0.5) is 0 Å². The van der Waals surface area contributed by atoms with Crippen molar-refractivity contribution in [2.24, 2.45) is 17.6 Å². The van der Waals surface area contributed by atoms with Gasteiger partial charge in [0, 0.05) is 25.7 Å². The summed E-state index contributed by atoms with van der Waals surface area (Å²) in [5, 5.41) is 9.68. The second kappa shape index (κ2) is 4.40. The molecule has 0 amide bonds. The van der Waals surface area contributed by atoms with E-state index in [1.165, 1.54) is 0 Å². The second-order valence-electron chi connectivity index (χ2n) is 4.67. The Labute approximate surface area is 80.9 Å². The van der Waals surface area contributed by atoms with Gasteiger partial charge in [0.15, 0.2) is 0 Å². The molecule has 1 aliphatic rings. The fourth-order valence-electron chi connectivity index (χ4n) is 1.72. The van der Waals surface area contributed by atoms with E-state index in [0.29, 0.717) is 17.9 Å². The smallest absolute Gasteiger partial charge is 0.0689 e. The molecular weight excluding hydrogens is 164 g/mol. The molecular formula is C10H22N2O. The third-order valence-electron chi connectivity index (χ3n) is 2.96. The van der Waals surface area contributed by atoms with Crippen molar-refractivity contribution in [1.82, 2.24) is 4.90 Å². The van der Waals surface area contributed by atoms with Crippen molar-refractivity contribution in [3.8, 4) is 0 Å². The molecule has 1 heterocycles. The van der Waals surface area contributed by atoms with Gasteiger partial charge in [0.2, 0.25) is 0 Å². The minimum absolute atomic E-state index is 0.211. The van der Waals surface area contributed by atoms with Gasteiger partial charge in [0.25, 0.3) is 0 Å². The van der Waals surface area contributed by atoms with Gasteiger partial charge in [-0.3, -0.25) is 4.90 Å². The minimum atomic E-state index is -0.211. The highest BCUT2D eigenvalue weighted by molar-refractivity contribution is 4.85. The maximum Gasteiger partial charge on any atom is 0.0689 e. The van der Waals surface area contributed by atoms with E-state index in [1.54, 1.807) is 0 Å². The molecule has 0 aliphatic carbocycles. The molecule has 0 radical (unpaired) electrons. The van der Waals surface area contributed by atoms with E-state index < -0.39 is 0 Å². The van der Waals surface area contributed by atoms with Crippen molar-refractivity contribution in [2.75, 3.05) is 19.6 Å². The zero-order valence-electron chi connectivity index (χ0n) is 8.90. The van der Waals surface area contributed by atoms with Crippen LogP contribution in [0, 0.1) is 11.8 Å². The van der Waals surface area contributed by atoms with Crippen LogP contribution in [0.15, 0.2) is 0 Å². The van der Waals surface area contributed by atoms with E-state index in [2.05, 4.69) is 11.8 Å². The maximum atomic E-state index is 9.68. The Morgan fingerprint density at radius 1 is 1.46 bits per heavy atom. The topological polar surface area (TPSA) is 49.5 Å². The van der Waals surface area contributed by atoms with E-state index in [-0.39, 0.29) is 6.10 Å². The maximum absolute atomic E-state index is 9.68. The molecule has 0 aromatic rings. The van der Waals surface area contributed by atoms with Crippen molar-refractivity contribution in [3.05, 3.63) is 0 Å². The number of aliphatic hydroxyl groups is 1. The molecule has 3 unspecified atom stereocenters. The summed E-state index contributed by atoms with van der Waals surface area (Å²) < 4.78 is 0. The molecule has 0 aromatic carbocycles. The molecule has 1 saturated heterocycles. The molecule has 1 aliphatic heterocycles. The lowest BCUT2D eigenvalue weighted by molar-refractivity contribution is 0.0842. The fourth-order valence-corrected chi connectivity index (χ4v) is 1.72. The van der Waals surface area contributed by atoms with Gasteiger partial charge in [-0.2, -0.15) is 0 Å². The van der Waals surface area contributed by atoms with Crippen LogP contribution in [0.1, 0.15) is 20.8 Å². The number of hydrogen-bond donors (Lipinski definition) is 2. The van der Waals surface area contributed by atoms with E-state index in [0.717, 1.165) is 19.6 Å². The average molecular weight is 186 g/mol. The van der Waals surface area contributed by atoms with Crippen molar-refractivity contribution in [3.63, 3.8) is 0 Å². The van der Waals surface area contributed by atoms with Crippen LogP contribution < -0.4 is 5.73 Å². The summed E-state index contributed by atoms with van der Waals surface area (Å²) >= 11 is 0. The van der Waals surface area contributed by atoms with Crippen LogP contribution in [-0.4, -0.2) is 41.8 Å². The quantitative estimate of drug-likeness (QED) is 0.666. The highest BCUT2D eigenvalue weighted by atomic mass is 16.3. The van der Waals surface area contributed by atoms with Crippen LogP contribution in [0.3, 0.4) is 0 Å². The lowest BCUT2D eigenvalue weighted by atomic mass is 10.1. The van der Waals surface area contributed by atoms with Crippen molar-refractivity contribution in [2.45, 2.75) is 32.9 Å². The molecule has 13 heavy (non-hydrogen) atoms. The first-order chi connectivity index (χ1) is 6.00. The summed E-state index contributed by atoms with van der Waals surface area (Å²) in [7, 11) is 0. The molecule has 1 fully saturated rings. The largest absolute Gasteiger partial charge is 0.392 e. The first kappa shape index (κ1) is 11.0. The van der Waals surface area contributed by atoms with Crippen molar-refractivity contribution in [1.29, 1.82) is 0 Å². The molecule has 3 heteroatoms. The molecule has 78 valence electrons. The normalized spacial score (nSPS) is 32.8. The van der Waals surface area contributed by atoms with E-state index in [1.807, 2.05) is 13.8 Å². The summed E-state index contributed by atoms with van der Waals surface area (Å²) in [4.78, 5) is 2.26. The number of β-amino-alcohol motifs (C(OH)–C–C–N with tert-alkyl or cyclic N) is 1. The molecule has 3 atom stereocenters. The van der Waals surface area contributed by atoms with Gasteiger partial charge < -0.3 is 10.8 Å². The Bertz CT molecular complexity index is 151. The minimum Gasteiger partial charge on any atom is -0.392 e.